The maximum Gasteiger partial charge on any atom is 0.252 e. The van der Waals surface area contributed by atoms with E-state index in [1.54, 1.807) is 0 Å². The molecular weight excluding hydrogens is 272 g/mol. The second-order valence-electron chi connectivity index (χ2n) is 6.25. The van der Waals surface area contributed by atoms with E-state index in [-0.39, 0.29) is 10.8 Å². The van der Waals surface area contributed by atoms with Gasteiger partial charge in [0.2, 0.25) is 0 Å². The second kappa shape index (κ2) is 5.16. The molecule has 3 fully saturated rings. The van der Waals surface area contributed by atoms with E-state index in [0.717, 1.165) is 25.9 Å². The Morgan fingerprint density at radius 2 is 1.65 bits per heavy atom. The van der Waals surface area contributed by atoms with Gasteiger partial charge in [-0.3, -0.25) is 4.79 Å². The number of carbonyl (C=O) groups excluding carboxylic acids is 1. The molecule has 3 heteroatoms. The molecule has 0 amide bonds. The van der Waals surface area contributed by atoms with Crippen LogP contribution in [0.15, 0.2) is 24.3 Å². The lowest BCUT2D eigenvalue weighted by Gasteiger charge is -2.53. The summed E-state index contributed by atoms with van der Waals surface area (Å²) in [7, 11) is 0. The Morgan fingerprint density at radius 3 is 2.10 bits per heavy atom. The van der Waals surface area contributed by atoms with Gasteiger partial charge in [0.15, 0.2) is 0 Å². The summed E-state index contributed by atoms with van der Waals surface area (Å²) < 4.78 is 6.03. The van der Waals surface area contributed by atoms with Gasteiger partial charge in [-0.1, -0.05) is 12.1 Å². The predicted octanol–water partition coefficient (Wildman–Crippen LogP) is 4.45. The third kappa shape index (κ3) is 2.29. The standard InChI is InChI=1S/C17H21ClO2/c1-2-20-17-10-7-16(8-11-17,9-12-17)14-5-3-13(4-6-14)15(18)19/h3-6H,2,7-12H2,1H3. The van der Waals surface area contributed by atoms with Crippen molar-refractivity contribution in [3.63, 3.8) is 0 Å². The van der Waals surface area contributed by atoms with Crippen molar-refractivity contribution in [3.8, 4) is 0 Å². The number of hydrogen-bond donors (Lipinski definition) is 0. The number of carbonyl (C=O) groups is 1. The molecule has 3 aliphatic rings. The van der Waals surface area contributed by atoms with Crippen molar-refractivity contribution in [1.82, 2.24) is 0 Å². The van der Waals surface area contributed by atoms with E-state index < -0.39 is 0 Å². The van der Waals surface area contributed by atoms with Crippen LogP contribution in [0.25, 0.3) is 0 Å². The van der Waals surface area contributed by atoms with Crippen molar-refractivity contribution in [2.24, 2.45) is 0 Å². The first-order valence-corrected chi connectivity index (χ1v) is 7.91. The average Bonchev–Trinajstić information content (AvgIpc) is 2.49. The molecule has 2 nitrogen and oxygen atoms in total. The monoisotopic (exact) mass is 292 g/mol. The van der Waals surface area contributed by atoms with E-state index in [1.165, 1.54) is 24.8 Å². The highest BCUT2D eigenvalue weighted by atomic mass is 35.5. The molecule has 0 heterocycles. The largest absolute Gasteiger partial charge is 0.375 e. The lowest BCUT2D eigenvalue weighted by molar-refractivity contribution is -0.114. The normalized spacial score (nSPS) is 32.3. The van der Waals surface area contributed by atoms with Crippen LogP contribution in [0.1, 0.15) is 61.4 Å². The number of rotatable bonds is 4. The molecule has 0 aliphatic heterocycles. The van der Waals surface area contributed by atoms with Crippen LogP contribution >= 0.6 is 11.6 Å². The quantitative estimate of drug-likeness (QED) is 0.767. The molecular formula is C17H21ClO2. The zero-order valence-electron chi connectivity index (χ0n) is 12.0. The Kier molecular flexibility index (Phi) is 3.64. The minimum Gasteiger partial charge on any atom is -0.375 e. The first-order valence-electron chi connectivity index (χ1n) is 7.54. The van der Waals surface area contributed by atoms with Crippen LogP contribution in [0.3, 0.4) is 0 Å². The lowest BCUT2D eigenvalue weighted by atomic mass is 9.56. The van der Waals surface area contributed by atoms with Crippen molar-refractivity contribution in [2.45, 2.75) is 56.5 Å². The number of hydrogen-bond acceptors (Lipinski definition) is 2. The SMILES string of the molecule is CCOC12CCC(c3ccc(C(=O)Cl)cc3)(CC1)CC2. The van der Waals surface area contributed by atoms with E-state index >= 15 is 0 Å². The van der Waals surface area contributed by atoms with Gasteiger partial charge in [0.1, 0.15) is 0 Å². The molecule has 1 aromatic carbocycles. The van der Waals surface area contributed by atoms with E-state index in [9.17, 15) is 4.79 Å². The minimum absolute atomic E-state index is 0.155. The van der Waals surface area contributed by atoms with Gasteiger partial charge in [0.25, 0.3) is 5.24 Å². The van der Waals surface area contributed by atoms with Crippen LogP contribution in [0, 0.1) is 0 Å². The summed E-state index contributed by atoms with van der Waals surface area (Å²) in [5.41, 5.74) is 2.40. The Balaban J connectivity index is 1.80. The van der Waals surface area contributed by atoms with E-state index in [4.69, 9.17) is 16.3 Å². The molecule has 108 valence electrons. The van der Waals surface area contributed by atoms with E-state index in [0.29, 0.717) is 11.0 Å². The number of ether oxygens (including phenoxy) is 1. The molecule has 0 atom stereocenters. The minimum atomic E-state index is -0.378. The first-order chi connectivity index (χ1) is 9.59. The summed E-state index contributed by atoms with van der Waals surface area (Å²) in [6.45, 7) is 2.91. The number of benzene rings is 1. The molecule has 0 N–H and O–H groups in total. The summed E-state index contributed by atoms with van der Waals surface area (Å²) >= 11 is 5.52. The van der Waals surface area contributed by atoms with Crippen LogP contribution in [0.2, 0.25) is 0 Å². The van der Waals surface area contributed by atoms with Crippen LogP contribution in [0.5, 0.6) is 0 Å². The Labute approximate surface area is 125 Å². The molecule has 20 heavy (non-hydrogen) atoms. The van der Waals surface area contributed by atoms with Gasteiger partial charge in [-0.2, -0.15) is 0 Å². The fraction of sp³-hybridized carbons (Fsp3) is 0.588. The molecule has 0 spiro atoms. The molecule has 1 aromatic rings. The second-order valence-corrected chi connectivity index (χ2v) is 6.59. The molecule has 0 saturated heterocycles. The van der Waals surface area contributed by atoms with Gasteiger partial charge >= 0.3 is 0 Å². The molecule has 0 radical (unpaired) electrons. The number of fused-ring (bicyclic) bond motifs is 3. The van der Waals surface area contributed by atoms with Crippen molar-refractivity contribution in [2.75, 3.05) is 6.61 Å². The van der Waals surface area contributed by atoms with Crippen molar-refractivity contribution >= 4 is 16.8 Å². The molecule has 0 unspecified atom stereocenters. The summed E-state index contributed by atoms with van der Waals surface area (Å²) in [6, 6.07) is 7.90. The van der Waals surface area contributed by atoms with E-state index in [2.05, 4.69) is 19.1 Å². The van der Waals surface area contributed by atoms with Crippen LogP contribution in [0.4, 0.5) is 0 Å². The Bertz CT molecular complexity index is 482. The fourth-order valence-corrected chi connectivity index (χ4v) is 4.19. The van der Waals surface area contributed by atoms with Gasteiger partial charge < -0.3 is 4.74 Å². The summed E-state index contributed by atoms with van der Waals surface area (Å²) in [5.74, 6) is 0. The number of halogens is 1. The van der Waals surface area contributed by atoms with Gasteiger partial charge in [-0.25, -0.2) is 0 Å². The Hall–Kier alpha value is -0.860. The Morgan fingerprint density at radius 1 is 1.10 bits per heavy atom. The smallest absolute Gasteiger partial charge is 0.252 e. The van der Waals surface area contributed by atoms with Gasteiger partial charge in [-0.05, 0) is 80.2 Å². The topological polar surface area (TPSA) is 26.3 Å². The molecule has 0 aromatic heterocycles. The van der Waals surface area contributed by atoms with Crippen molar-refractivity contribution < 1.29 is 9.53 Å². The maximum absolute atomic E-state index is 11.2. The lowest BCUT2D eigenvalue weighted by Crippen LogP contribution is -2.49. The van der Waals surface area contributed by atoms with Gasteiger partial charge in [-0.15, -0.1) is 0 Å². The summed E-state index contributed by atoms with van der Waals surface area (Å²) in [5, 5.41) is -0.378. The van der Waals surface area contributed by atoms with Crippen LogP contribution in [-0.2, 0) is 10.2 Å². The fourth-order valence-electron chi connectivity index (χ4n) is 4.06. The van der Waals surface area contributed by atoms with Crippen molar-refractivity contribution in [1.29, 1.82) is 0 Å². The average molecular weight is 293 g/mol. The molecule has 3 saturated carbocycles. The molecule has 4 rings (SSSR count). The third-order valence-corrected chi connectivity index (χ3v) is 5.57. The maximum atomic E-state index is 11.2. The third-order valence-electron chi connectivity index (χ3n) is 5.35. The van der Waals surface area contributed by atoms with Crippen LogP contribution < -0.4 is 0 Å². The zero-order chi connectivity index (χ0) is 14.2. The highest BCUT2D eigenvalue weighted by Crippen LogP contribution is 2.54. The highest BCUT2D eigenvalue weighted by Gasteiger charge is 2.49. The highest BCUT2D eigenvalue weighted by molar-refractivity contribution is 6.67. The van der Waals surface area contributed by atoms with Crippen LogP contribution in [-0.4, -0.2) is 17.5 Å². The van der Waals surface area contributed by atoms with E-state index in [1.807, 2.05) is 12.1 Å². The molecule has 2 bridgehead atoms. The molecule has 3 aliphatic carbocycles. The predicted molar refractivity (Wildman–Crippen MR) is 80.4 cm³/mol. The summed E-state index contributed by atoms with van der Waals surface area (Å²) in [6.07, 6.45) is 7.08. The van der Waals surface area contributed by atoms with Crippen molar-refractivity contribution in [3.05, 3.63) is 35.4 Å². The zero-order valence-corrected chi connectivity index (χ0v) is 12.7. The first kappa shape index (κ1) is 14.1. The summed E-state index contributed by atoms with van der Waals surface area (Å²) in [4.78, 5) is 11.2. The van der Waals surface area contributed by atoms with Gasteiger partial charge in [0, 0.05) is 12.2 Å². The van der Waals surface area contributed by atoms with Gasteiger partial charge in [0.05, 0.1) is 5.60 Å².